The molecule has 0 saturated heterocycles. The van der Waals surface area contributed by atoms with Gasteiger partial charge in [-0.2, -0.15) is 0 Å². The van der Waals surface area contributed by atoms with Crippen LogP contribution in [-0.4, -0.2) is 0 Å². The van der Waals surface area contributed by atoms with Crippen molar-refractivity contribution in [2.45, 2.75) is 12.3 Å². The van der Waals surface area contributed by atoms with E-state index in [1.54, 1.807) is 0 Å². The van der Waals surface area contributed by atoms with Crippen molar-refractivity contribution in [3.05, 3.63) is 154 Å². The summed E-state index contributed by atoms with van der Waals surface area (Å²) < 4.78 is 1.14. The third-order valence-corrected chi connectivity index (χ3v) is 7.56. The quantitative estimate of drug-likeness (QED) is 0.234. The van der Waals surface area contributed by atoms with E-state index >= 15 is 0 Å². The molecule has 0 bridgehead atoms. The Morgan fingerprint density at radius 2 is 1.21 bits per heavy atom. The zero-order chi connectivity index (χ0) is 22.4. The van der Waals surface area contributed by atoms with Crippen molar-refractivity contribution < 1.29 is 0 Å². The van der Waals surface area contributed by atoms with Gasteiger partial charge in [0.2, 0.25) is 0 Å². The maximum absolute atomic E-state index is 3.95. The van der Waals surface area contributed by atoms with Crippen molar-refractivity contribution in [2.75, 3.05) is 0 Å². The first-order valence-electron chi connectivity index (χ1n) is 11.3. The fourth-order valence-electron chi connectivity index (χ4n) is 5.42. The number of halogens is 1. The third kappa shape index (κ3) is 3.03. The Morgan fingerprint density at radius 3 is 1.94 bits per heavy atom. The molecule has 0 heterocycles. The van der Waals surface area contributed by atoms with Gasteiger partial charge in [0.25, 0.3) is 0 Å². The van der Waals surface area contributed by atoms with Crippen molar-refractivity contribution in [2.24, 2.45) is 0 Å². The lowest BCUT2D eigenvalue weighted by Gasteiger charge is -2.34. The van der Waals surface area contributed by atoms with Crippen LogP contribution in [0.5, 0.6) is 0 Å². The zero-order valence-electron chi connectivity index (χ0n) is 18.4. The van der Waals surface area contributed by atoms with Gasteiger partial charge in [0.15, 0.2) is 0 Å². The predicted molar refractivity (Wildman–Crippen MR) is 142 cm³/mol. The molecular weight excluding hydrogens is 464 g/mol. The highest BCUT2D eigenvalue weighted by Crippen LogP contribution is 2.58. The monoisotopic (exact) mass is 486 g/mol. The van der Waals surface area contributed by atoms with Gasteiger partial charge in [-0.15, -0.1) is 0 Å². The van der Waals surface area contributed by atoms with Gasteiger partial charge in [-0.25, -0.2) is 0 Å². The minimum absolute atomic E-state index is 0.398. The number of fused-ring (bicyclic) bond motifs is 3. The van der Waals surface area contributed by atoms with Crippen molar-refractivity contribution in [1.29, 1.82) is 0 Å². The molecule has 1 unspecified atom stereocenters. The molecular formula is C32H23Br. The Labute approximate surface area is 203 Å². The molecule has 1 atom stereocenters. The first-order valence-corrected chi connectivity index (χ1v) is 12.1. The number of aryl methyl sites for hydroxylation is 1. The standard InChI is InChI=1S/C32H23Br/c1-22-15-18-26(19-16-22)32(25-11-6-3-7-12-25)29-21-24(23-9-4-2-5-10-23)17-20-27(29)28-13-8-14-30(33)31(28)32/h2-21H,1H3. The maximum Gasteiger partial charge on any atom is 0.0724 e. The molecule has 0 aromatic heterocycles. The minimum atomic E-state index is -0.398. The average molecular weight is 487 g/mol. The molecule has 6 rings (SSSR count). The number of hydrogen-bond acceptors (Lipinski definition) is 0. The van der Waals surface area contributed by atoms with Crippen molar-refractivity contribution >= 4 is 15.9 Å². The summed E-state index contributed by atoms with van der Waals surface area (Å²) in [4.78, 5) is 0. The van der Waals surface area contributed by atoms with Gasteiger partial charge in [0, 0.05) is 4.47 Å². The lowest BCUT2D eigenvalue weighted by molar-refractivity contribution is 0.764. The fraction of sp³-hybridized carbons (Fsp3) is 0.0625. The van der Waals surface area contributed by atoms with Gasteiger partial charge >= 0.3 is 0 Å². The third-order valence-electron chi connectivity index (χ3n) is 6.90. The fourth-order valence-corrected chi connectivity index (χ4v) is 6.09. The van der Waals surface area contributed by atoms with Gasteiger partial charge in [-0.05, 0) is 63.6 Å². The molecule has 0 aliphatic heterocycles. The average Bonchev–Trinajstić information content (AvgIpc) is 3.17. The molecule has 5 aromatic carbocycles. The zero-order valence-corrected chi connectivity index (χ0v) is 20.0. The summed E-state index contributed by atoms with van der Waals surface area (Å²) in [7, 11) is 0. The van der Waals surface area contributed by atoms with Crippen LogP contribution in [-0.2, 0) is 5.41 Å². The van der Waals surface area contributed by atoms with Crippen LogP contribution in [0.3, 0.4) is 0 Å². The van der Waals surface area contributed by atoms with E-state index < -0.39 is 5.41 Å². The number of benzene rings is 5. The predicted octanol–water partition coefficient (Wildman–Crippen LogP) is 8.79. The second-order valence-corrected chi connectivity index (χ2v) is 9.63. The van der Waals surface area contributed by atoms with E-state index in [2.05, 4.69) is 144 Å². The van der Waals surface area contributed by atoms with Crippen LogP contribution in [0.15, 0.2) is 126 Å². The number of hydrogen-bond donors (Lipinski definition) is 0. The minimum Gasteiger partial charge on any atom is -0.0622 e. The van der Waals surface area contributed by atoms with Crippen molar-refractivity contribution in [3.63, 3.8) is 0 Å². The van der Waals surface area contributed by atoms with E-state index in [9.17, 15) is 0 Å². The SMILES string of the molecule is Cc1ccc(C2(c3ccccc3)c3cc(-c4ccccc4)ccc3-c3cccc(Br)c32)cc1. The lowest BCUT2D eigenvalue weighted by atomic mass is 9.67. The summed E-state index contributed by atoms with van der Waals surface area (Å²) in [5.41, 5.74) is 11.2. The van der Waals surface area contributed by atoms with Crippen molar-refractivity contribution in [1.82, 2.24) is 0 Å². The van der Waals surface area contributed by atoms with E-state index in [1.807, 2.05) is 0 Å². The largest absolute Gasteiger partial charge is 0.0724 e. The second-order valence-electron chi connectivity index (χ2n) is 8.77. The smallest absolute Gasteiger partial charge is 0.0622 e. The van der Waals surface area contributed by atoms with Gasteiger partial charge < -0.3 is 0 Å². The Morgan fingerprint density at radius 1 is 0.545 bits per heavy atom. The molecule has 1 aliphatic carbocycles. The van der Waals surface area contributed by atoms with E-state index in [0.717, 1.165) is 4.47 Å². The molecule has 1 heteroatoms. The van der Waals surface area contributed by atoms with Crippen molar-refractivity contribution in [3.8, 4) is 22.3 Å². The Balaban J connectivity index is 1.77. The van der Waals surface area contributed by atoms with Gasteiger partial charge in [-0.1, -0.05) is 131 Å². The summed E-state index contributed by atoms with van der Waals surface area (Å²) in [6.07, 6.45) is 0. The normalized spacial score (nSPS) is 16.3. The van der Waals surface area contributed by atoms with Crippen LogP contribution >= 0.6 is 15.9 Å². The van der Waals surface area contributed by atoms with E-state index in [0.29, 0.717) is 0 Å². The second kappa shape index (κ2) is 7.86. The summed E-state index contributed by atoms with van der Waals surface area (Å²) in [6.45, 7) is 2.15. The first-order chi connectivity index (χ1) is 16.2. The molecule has 0 N–H and O–H groups in total. The van der Waals surface area contributed by atoms with E-state index in [4.69, 9.17) is 0 Å². The molecule has 0 spiro atoms. The molecule has 0 fully saturated rings. The molecule has 0 amide bonds. The van der Waals surface area contributed by atoms with E-state index in [1.165, 1.54) is 50.1 Å². The maximum atomic E-state index is 3.95. The summed E-state index contributed by atoms with van der Waals surface area (Å²) >= 11 is 3.95. The van der Waals surface area contributed by atoms with Gasteiger partial charge in [-0.3, -0.25) is 0 Å². The van der Waals surface area contributed by atoms with Gasteiger partial charge in [0.1, 0.15) is 0 Å². The topological polar surface area (TPSA) is 0 Å². The Kier molecular flexibility index (Phi) is 4.81. The highest BCUT2D eigenvalue weighted by atomic mass is 79.9. The number of rotatable bonds is 3. The Hall–Kier alpha value is -3.42. The van der Waals surface area contributed by atoms with Crippen LogP contribution in [0.4, 0.5) is 0 Å². The highest BCUT2D eigenvalue weighted by Gasteiger charge is 2.47. The van der Waals surface area contributed by atoms with Crippen LogP contribution in [0.2, 0.25) is 0 Å². The molecule has 1 aliphatic rings. The molecule has 0 radical (unpaired) electrons. The van der Waals surface area contributed by atoms with Gasteiger partial charge in [0.05, 0.1) is 5.41 Å². The van der Waals surface area contributed by atoms with E-state index in [-0.39, 0.29) is 0 Å². The molecule has 158 valence electrons. The lowest BCUT2D eigenvalue weighted by Crippen LogP contribution is -2.29. The molecule has 0 nitrogen and oxygen atoms in total. The summed E-state index contributed by atoms with van der Waals surface area (Å²) in [5, 5.41) is 0. The van der Waals surface area contributed by atoms with Crippen LogP contribution in [0.1, 0.15) is 27.8 Å². The van der Waals surface area contributed by atoms with Crippen LogP contribution < -0.4 is 0 Å². The molecule has 5 aromatic rings. The first kappa shape index (κ1) is 20.2. The van der Waals surface area contributed by atoms with Crippen LogP contribution in [0, 0.1) is 6.92 Å². The van der Waals surface area contributed by atoms with Crippen LogP contribution in [0.25, 0.3) is 22.3 Å². The molecule has 0 saturated carbocycles. The highest BCUT2D eigenvalue weighted by molar-refractivity contribution is 9.10. The summed E-state index contributed by atoms with van der Waals surface area (Å²) in [5.74, 6) is 0. The Bertz CT molecular complexity index is 1450. The summed E-state index contributed by atoms with van der Waals surface area (Å²) in [6, 6.07) is 44.2. The molecule has 33 heavy (non-hydrogen) atoms.